The van der Waals surface area contributed by atoms with Crippen LogP contribution in [0.1, 0.15) is 77.0 Å². The first-order valence-corrected chi connectivity index (χ1v) is 9.48. The molecule has 0 unspecified atom stereocenters. The van der Waals surface area contributed by atoms with Crippen LogP contribution in [0, 0.1) is 11.8 Å². The van der Waals surface area contributed by atoms with Crippen molar-refractivity contribution in [2.75, 3.05) is 13.1 Å². The van der Waals surface area contributed by atoms with Crippen LogP contribution in [-0.4, -0.2) is 25.2 Å². The molecule has 0 aliphatic heterocycles. The summed E-state index contributed by atoms with van der Waals surface area (Å²) in [4.78, 5) is 10.5. The van der Waals surface area contributed by atoms with E-state index in [-0.39, 0.29) is 6.54 Å². The summed E-state index contributed by atoms with van der Waals surface area (Å²) in [5.74, 6) is -0.352. The average Bonchev–Trinajstić information content (AvgIpc) is 2.57. The third kappa shape index (κ3) is 9.50. The summed E-state index contributed by atoms with van der Waals surface area (Å²) < 4.78 is 35.4. The molecule has 24 heavy (non-hydrogen) atoms. The molecule has 2 aliphatic carbocycles. The minimum atomic E-state index is -4.74. The van der Waals surface area contributed by atoms with Gasteiger partial charge in [-0.25, -0.2) is 0 Å². The summed E-state index contributed by atoms with van der Waals surface area (Å²) in [6.07, 6.45) is 10.2. The van der Waals surface area contributed by atoms with E-state index in [9.17, 15) is 18.0 Å². The molecule has 0 saturated heterocycles. The van der Waals surface area contributed by atoms with E-state index in [2.05, 4.69) is 0 Å². The van der Waals surface area contributed by atoms with Crippen LogP contribution in [-0.2, 0) is 4.79 Å². The maximum Gasteiger partial charge on any atom is 0.471 e. The highest BCUT2D eigenvalue weighted by molar-refractivity contribution is 5.81. The van der Waals surface area contributed by atoms with Gasteiger partial charge < -0.3 is 11.1 Å². The summed E-state index contributed by atoms with van der Waals surface area (Å²) in [5, 5.41) is 1.91. The smallest absolute Gasteiger partial charge is 0.348 e. The van der Waals surface area contributed by atoms with Gasteiger partial charge in [-0.05, 0) is 31.2 Å². The number of hydrogen-bond donors (Lipinski definition) is 2. The highest BCUT2D eigenvalue weighted by Crippen LogP contribution is 2.26. The van der Waals surface area contributed by atoms with Crippen LogP contribution in [0.2, 0.25) is 0 Å². The van der Waals surface area contributed by atoms with E-state index in [1.54, 1.807) is 0 Å². The summed E-state index contributed by atoms with van der Waals surface area (Å²) in [6.45, 7) is 1.04. The topological polar surface area (TPSA) is 55.1 Å². The van der Waals surface area contributed by atoms with Gasteiger partial charge in [-0.15, -0.1) is 0 Å². The Balaban J connectivity index is 0.000000272. The lowest BCUT2D eigenvalue weighted by Crippen LogP contribution is -2.37. The molecule has 0 bridgehead atoms. The van der Waals surface area contributed by atoms with Crippen LogP contribution >= 0.6 is 0 Å². The molecule has 0 radical (unpaired) electrons. The molecule has 2 aliphatic rings. The van der Waals surface area contributed by atoms with Crippen molar-refractivity contribution in [3.8, 4) is 0 Å². The molecule has 0 aromatic carbocycles. The Morgan fingerprint density at radius 3 is 1.75 bits per heavy atom. The Morgan fingerprint density at radius 1 is 0.875 bits per heavy atom. The predicted molar refractivity (Wildman–Crippen MR) is 90.5 cm³/mol. The number of nitrogens with one attached hydrogen (secondary N) is 1. The van der Waals surface area contributed by atoms with Gasteiger partial charge >= 0.3 is 12.1 Å². The van der Waals surface area contributed by atoms with Gasteiger partial charge in [0.1, 0.15) is 0 Å². The summed E-state index contributed by atoms with van der Waals surface area (Å²) >= 11 is 0. The monoisotopic (exact) mass is 350 g/mol. The van der Waals surface area contributed by atoms with Crippen molar-refractivity contribution in [1.82, 2.24) is 5.32 Å². The van der Waals surface area contributed by atoms with Crippen LogP contribution in [0.4, 0.5) is 13.2 Å². The lowest BCUT2D eigenvalue weighted by atomic mass is 9.87. The maximum absolute atomic E-state index is 11.8. The SMILES string of the molecule is NCCC1CCCCC1.O=C(NCCC1CCCCC1)C(F)(F)F. The zero-order valence-electron chi connectivity index (χ0n) is 14.7. The number of halogens is 3. The van der Waals surface area contributed by atoms with Gasteiger partial charge in [-0.3, -0.25) is 4.79 Å². The Morgan fingerprint density at radius 2 is 1.33 bits per heavy atom. The first-order valence-electron chi connectivity index (χ1n) is 9.48. The van der Waals surface area contributed by atoms with Crippen molar-refractivity contribution < 1.29 is 18.0 Å². The molecule has 2 fully saturated rings. The third-order valence-electron chi connectivity index (χ3n) is 5.12. The highest BCUT2D eigenvalue weighted by Gasteiger charge is 2.38. The molecule has 0 heterocycles. The third-order valence-corrected chi connectivity index (χ3v) is 5.12. The van der Waals surface area contributed by atoms with Crippen LogP contribution in [0.15, 0.2) is 0 Å². The van der Waals surface area contributed by atoms with Crippen molar-refractivity contribution in [3.63, 3.8) is 0 Å². The second-order valence-electron chi connectivity index (χ2n) is 7.13. The fourth-order valence-electron chi connectivity index (χ4n) is 3.68. The first kappa shape index (κ1) is 21.3. The standard InChI is InChI=1S/C10H16F3NO.C8H17N/c11-10(12,13)9(15)14-7-6-8-4-2-1-3-5-8;9-7-6-8-4-2-1-3-5-8/h8H,1-7H2,(H,14,15);8H,1-7,9H2. The first-order chi connectivity index (χ1) is 11.4. The second-order valence-corrected chi connectivity index (χ2v) is 7.13. The number of carbonyl (C=O) groups is 1. The summed E-state index contributed by atoms with van der Waals surface area (Å²) in [7, 11) is 0. The number of hydrogen-bond acceptors (Lipinski definition) is 2. The Bertz CT molecular complexity index is 333. The molecular weight excluding hydrogens is 317 g/mol. The van der Waals surface area contributed by atoms with Gasteiger partial charge in [-0.2, -0.15) is 13.2 Å². The molecule has 1 amide bonds. The van der Waals surface area contributed by atoms with Crippen molar-refractivity contribution in [2.24, 2.45) is 17.6 Å². The van der Waals surface area contributed by atoms with Crippen molar-refractivity contribution in [3.05, 3.63) is 0 Å². The highest BCUT2D eigenvalue weighted by atomic mass is 19.4. The minimum absolute atomic E-state index is 0.142. The summed E-state index contributed by atoms with van der Waals surface area (Å²) in [5.41, 5.74) is 5.46. The van der Waals surface area contributed by atoms with E-state index >= 15 is 0 Å². The molecular formula is C18H33F3N2O. The van der Waals surface area contributed by atoms with E-state index in [1.807, 2.05) is 5.32 Å². The molecule has 0 spiro atoms. The summed E-state index contributed by atoms with van der Waals surface area (Å²) in [6, 6.07) is 0. The largest absolute Gasteiger partial charge is 0.471 e. The second kappa shape index (κ2) is 11.7. The predicted octanol–water partition coefficient (Wildman–Crippen LogP) is 4.55. The normalized spacial score (nSPS) is 20.2. The van der Waals surface area contributed by atoms with E-state index in [0.29, 0.717) is 12.3 Å². The Hall–Kier alpha value is -0.780. The van der Waals surface area contributed by atoms with Gasteiger partial charge in [0, 0.05) is 6.54 Å². The Labute approximate surface area is 143 Å². The zero-order chi connectivity index (χ0) is 17.8. The molecule has 3 N–H and O–H groups in total. The number of rotatable bonds is 5. The fraction of sp³-hybridized carbons (Fsp3) is 0.944. The maximum atomic E-state index is 11.8. The van der Waals surface area contributed by atoms with Gasteiger partial charge in [0.05, 0.1) is 0 Å². The van der Waals surface area contributed by atoms with Crippen LogP contribution in [0.5, 0.6) is 0 Å². The van der Waals surface area contributed by atoms with Crippen molar-refractivity contribution in [2.45, 2.75) is 83.2 Å². The van der Waals surface area contributed by atoms with Crippen LogP contribution in [0.3, 0.4) is 0 Å². The molecule has 3 nitrogen and oxygen atoms in total. The fourth-order valence-corrected chi connectivity index (χ4v) is 3.68. The van der Waals surface area contributed by atoms with E-state index in [4.69, 9.17) is 5.73 Å². The molecule has 0 aromatic heterocycles. The van der Waals surface area contributed by atoms with Crippen LogP contribution < -0.4 is 11.1 Å². The van der Waals surface area contributed by atoms with Crippen molar-refractivity contribution in [1.29, 1.82) is 0 Å². The van der Waals surface area contributed by atoms with E-state index in [0.717, 1.165) is 38.1 Å². The average molecular weight is 350 g/mol. The number of carbonyl (C=O) groups excluding carboxylic acids is 1. The molecule has 0 atom stereocenters. The van der Waals surface area contributed by atoms with Gasteiger partial charge in [-0.1, -0.05) is 64.2 Å². The quantitative estimate of drug-likeness (QED) is 0.764. The molecule has 2 rings (SSSR count). The van der Waals surface area contributed by atoms with Gasteiger partial charge in [0.2, 0.25) is 0 Å². The van der Waals surface area contributed by atoms with E-state index in [1.165, 1.54) is 44.9 Å². The molecule has 2 saturated carbocycles. The molecule has 0 aromatic rings. The minimum Gasteiger partial charge on any atom is -0.348 e. The van der Waals surface area contributed by atoms with Crippen LogP contribution in [0.25, 0.3) is 0 Å². The Kier molecular flexibility index (Phi) is 10.4. The van der Waals surface area contributed by atoms with Crippen molar-refractivity contribution >= 4 is 5.91 Å². The van der Waals surface area contributed by atoms with Gasteiger partial charge in [0.25, 0.3) is 0 Å². The molecule has 142 valence electrons. The zero-order valence-corrected chi connectivity index (χ0v) is 14.7. The number of amides is 1. The van der Waals surface area contributed by atoms with E-state index < -0.39 is 12.1 Å². The molecule has 6 heteroatoms. The number of nitrogens with two attached hydrogens (primary N) is 1. The lowest BCUT2D eigenvalue weighted by molar-refractivity contribution is -0.173. The lowest BCUT2D eigenvalue weighted by Gasteiger charge is -2.21. The number of alkyl halides is 3. The van der Waals surface area contributed by atoms with Gasteiger partial charge in [0.15, 0.2) is 0 Å².